The third-order valence-electron chi connectivity index (χ3n) is 3.37. The number of anilines is 1. The maximum atomic E-state index is 12.5. The molecular weight excluding hydrogens is 283 g/mol. The molecule has 1 saturated carbocycles. The Kier molecular flexibility index (Phi) is 3.19. The van der Waals surface area contributed by atoms with Crippen LogP contribution in [0.4, 0.5) is 18.9 Å². The van der Waals surface area contributed by atoms with Gasteiger partial charge >= 0.3 is 6.18 Å². The standard InChI is InChI=1S/C14H12F3N3O/c15-14(16,17)9-3-5-10(6-4-9)19-13(21)11-7-18-20-12(11)8-1-2-8/h3-8H,1-2H2,(H,18,20)(H,19,21). The van der Waals surface area contributed by atoms with Crippen LogP contribution in [0.1, 0.15) is 40.4 Å². The van der Waals surface area contributed by atoms with Crippen molar-refractivity contribution in [1.82, 2.24) is 10.2 Å². The molecule has 2 aromatic rings. The molecule has 7 heteroatoms. The highest BCUT2D eigenvalue weighted by molar-refractivity contribution is 6.05. The van der Waals surface area contributed by atoms with Gasteiger partial charge in [0.25, 0.3) is 5.91 Å². The van der Waals surface area contributed by atoms with Crippen molar-refractivity contribution in [2.75, 3.05) is 5.32 Å². The van der Waals surface area contributed by atoms with Crippen LogP contribution < -0.4 is 5.32 Å². The first-order valence-corrected chi connectivity index (χ1v) is 6.47. The predicted octanol–water partition coefficient (Wildman–Crippen LogP) is 3.56. The summed E-state index contributed by atoms with van der Waals surface area (Å²) < 4.78 is 37.4. The number of nitrogens with zero attached hydrogens (tertiary/aromatic N) is 1. The molecule has 0 aliphatic heterocycles. The third-order valence-corrected chi connectivity index (χ3v) is 3.37. The summed E-state index contributed by atoms with van der Waals surface area (Å²) in [7, 11) is 0. The number of aromatic amines is 1. The minimum absolute atomic E-state index is 0.316. The third kappa shape index (κ3) is 2.91. The van der Waals surface area contributed by atoms with Gasteiger partial charge in [0.15, 0.2) is 0 Å². The van der Waals surface area contributed by atoms with E-state index in [4.69, 9.17) is 0 Å². The summed E-state index contributed by atoms with van der Waals surface area (Å²) in [4.78, 5) is 12.1. The van der Waals surface area contributed by atoms with Crippen LogP contribution in [0.2, 0.25) is 0 Å². The zero-order valence-electron chi connectivity index (χ0n) is 10.9. The lowest BCUT2D eigenvalue weighted by Crippen LogP contribution is -2.13. The van der Waals surface area contributed by atoms with Gasteiger partial charge in [0, 0.05) is 11.6 Å². The highest BCUT2D eigenvalue weighted by atomic mass is 19.4. The van der Waals surface area contributed by atoms with E-state index < -0.39 is 11.7 Å². The zero-order chi connectivity index (χ0) is 15.0. The molecule has 0 bridgehead atoms. The molecular formula is C14H12F3N3O. The van der Waals surface area contributed by atoms with E-state index in [-0.39, 0.29) is 5.91 Å². The number of H-pyrrole nitrogens is 1. The molecule has 3 rings (SSSR count). The van der Waals surface area contributed by atoms with E-state index in [1.807, 2.05) is 0 Å². The van der Waals surface area contributed by atoms with Crippen molar-refractivity contribution in [1.29, 1.82) is 0 Å². The van der Waals surface area contributed by atoms with Crippen molar-refractivity contribution < 1.29 is 18.0 Å². The Bertz CT molecular complexity index is 657. The summed E-state index contributed by atoms with van der Waals surface area (Å²) in [6.07, 6.45) is -0.912. The summed E-state index contributed by atoms with van der Waals surface area (Å²) in [5, 5.41) is 9.24. The van der Waals surface area contributed by atoms with Crippen LogP contribution in [-0.4, -0.2) is 16.1 Å². The van der Waals surface area contributed by atoms with Crippen LogP contribution in [0.25, 0.3) is 0 Å². The number of rotatable bonds is 3. The first kappa shape index (κ1) is 13.7. The fraction of sp³-hybridized carbons (Fsp3) is 0.286. The van der Waals surface area contributed by atoms with E-state index in [1.54, 1.807) is 0 Å². The molecule has 0 spiro atoms. The maximum Gasteiger partial charge on any atom is 0.416 e. The fourth-order valence-corrected chi connectivity index (χ4v) is 2.10. The lowest BCUT2D eigenvalue weighted by Gasteiger charge is -2.08. The number of hydrogen-bond acceptors (Lipinski definition) is 2. The van der Waals surface area contributed by atoms with E-state index in [9.17, 15) is 18.0 Å². The van der Waals surface area contributed by atoms with Crippen LogP contribution in [-0.2, 0) is 6.18 Å². The van der Waals surface area contributed by atoms with Crippen LogP contribution in [0.5, 0.6) is 0 Å². The summed E-state index contributed by atoms with van der Waals surface area (Å²) >= 11 is 0. The maximum absolute atomic E-state index is 12.5. The van der Waals surface area contributed by atoms with E-state index in [2.05, 4.69) is 15.5 Å². The number of carbonyl (C=O) groups excluding carboxylic acids is 1. The smallest absolute Gasteiger partial charge is 0.322 e. The summed E-state index contributed by atoms with van der Waals surface area (Å²) in [5.41, 5.74) is 0.801. The van der Waals surface area contributed by atoms with Crippen molar-refractivity contribution >= 4 is 11.6 Å². The van der Waals surface area contributed by atoms with Crippen molar-refractivity contribution in [2.45, 2.75) is 24.9 Å². The molecule has 2 N–H and O–H groups in total. The summed E-state index contributed by atoms with van der Waals surface area (Å²) in [6.45, 7) is 0. The fourth-order valence-electron chi connectivity index (χ4n) is 2.10. The second-order valence-electron chi connectivity index (χ2n) is 5.00. The monoisotopic (exact) mass is 295 g/mol. The lowest BCUT2D eigenvalue weighted by atomic mass is 10.1. The molecule has 4 nitrogen and oxygen atoms in total. The lowest BCUT2D eigenvalue weighted by molar-refractivity contribution is -0.137. The average Bonchev–Trinajstić information content (AvgIpc) is 3.15. The van der Waals surface area contributed by atoms with Crippen molar-refractivity contribution in [2.24, 2.45) is 0 Å². The largest absolute Gasteiger partial charge is 0.416 e. The van der Waals surface area contributed by atoms with E-state index in [0.29, 0.717) is 17.2 Å². The first-order valence-electron chi connectivity index (χ1n) is 6.47. The molecule has 1 aliphatic rings. The van der Waals surface area contributed by atoms with Crippen LogP contribution in [0, 0.1) is 0 Å². The first-order chi connectivity index (χ1) is 9.95. The molecule has 21 heavy (non-hydrogen) atoms. The molecule has 1 aliphatic carbocycles. The Balaban J connectivity index is 1.74. The second-order valence-corrected chi connectivity index (χ2v) is 5.00. The van der Waals surface area contributed by atoms with Crippen molar-refractivity contribution in [3.8, 4) is 0 Å². The van der Waals surface area contributed by atoms with Gasteiger partial charge in [-0.25, -0.2) is 0 Å². The van der Waals surface area contributed by atoms with Crippen LogP contribution in [0.3, 0.4) is 0 Å². The number of hydrogen-bond donors (Lipinski definition) is 2. The van der Waals surface area contributed by atoms with Gasteiger partial charge in [0.1, 0.15) is 0 Å². The Labute approximate surface area is 118 Å². The van der Waals surface area contributed by atoms with Gasteiger partial charge in [-0.15, -0.1) is 0 Å². The molecule has 0 unspecified atom stereocenters. The number of aromatic nitrogens is 2. The Morgan fingerprint density at radius 2 is 1.90 bits per heavy atom. The Morgan fingerprint density at radius 3 is 2.48 bits per heavy atom. The van der Waals surface area contributed by atoms with Gasteiger partial charge in [-0.3, -0.25) is 9.89 Å². The SMILES string of the molecule is O=C(Nc1ccc(C(F)(F)F)cc1)c1cn[nH]c1C1CC1. The number of carbonyl (C=O) groups is 1. The van der Waals surface area contributed by atoms with Gasteiger partial charge in [-0.1, -0.05) is 0 Å². The molecule has 0 radical (unpaired) electrons. The molecule has 0 saturated heterocycles. The Hall–Kier alpha value is -2.31. The number of nitrogens with one attached hydrogen (secondary N) is 2. The van der Waals surface area contributed by atoms with Crippen molar-refractivity contribution in [3.63, 3.8) is 0 Å². The number of alkyl halides is 3. The van der Waals surface area contributed by atoms with Gasteiger partial charge < -0.3 is 5.32 Å². The number of amides is 1. The van der Waals surface area contributed by atoms with Gasteiger partial charge in [0.05, 0.1) is 23.0 Å². The average molecular weight is 295 g/mol. The van der Waals surface area contributed by atoms with E-state index in [1.165, 1.54) is 18.3 Å². The topological polar surface area (TPSA) is 57.8 Å². The van der Waals surface area contributed by atoms with Gasteiger partial charge in [0.2, 0.25) is 0 Å². The normalized spacial score (nSPS) is 15.0. The highest BCUT2D eigenvalue weighted by Gasteiger charge is 2.31. The molecule has 1 amide bonds. The summed E-state index contributed by atoms with van der Waals surface area (Å²) in [6, 6.07) is 4.34. The number of halogens is 3. The molecule has 1 heterocycles. The van der Waals surface area contributed by atoms with Crippen LogP contribution in [0.15, 0.2) is 30.5 Å². The zero-order valence-corrected chi connectivity index (χ0v) is 10.9. The van der Waals surface area contributed by atoms with Crippen LogP contribution >= 0.6 is 0 Å². The van der Waals surface area contributed by atoms with Gasteiger partial charge in [-0.2, -0.15) is 18.3 Å². The number of benzene rings is 1. The summed E-state index contributed by atoms with van der Waals surface area (Å²) in [5.74, 6) is -0.0359. The quantitative estimate of drug-likeness (QED) is 0.909. The predicted molar refractivity (Wildman–Crippen MR) is 70.0 cm³/mol. The molecule has 110 valence electrons. The minimum Gasteiger partial charge on any atom is -0.322 e. The van der Waals surface area contributed by atoms with E-state index >= 15 is 0 Å². The highest BCUT2D eigenvalue weighted by Crippen LogP contribution is 2.40. The second kappa shape index (κ2) is 4.91. The molecule has 1 aromatic heterocycles. The molecule has 0 atom stereocenters. The van der Waals surface area contributed by atoms with E-state index in [0.717, 1.165) is 30.7 Å². The minimum atomic E-state index is -4.38. The van der Waals surface area contributed by atoms with Gasteiger partial charge in [-0.05, 0) is 37.1 Å². The molecule has 1 fully saturated rings. The Morgan fingerprint density at radius 1 is 1.24 bits per heavy atom. The van der Waals surface area contributed by atoms with Crippen molar-refractivity contribution in [3.05, 3.63) is 47.3 Å². The molecule has 1 aromatic carbocycles.